The summed E-state index contributed by atoms with van der Waals surface area (Å²) in [5.41, 5.74) is 1.66. The van der Waals surface area contributed by atoms with Crippen molar-refractivity contribution in [2.45, 2.75) is 4.90 Å². The molecule has 0 saturated carbocycles. The van der Waals surface area contributed by atoms with E-state index in [1.165, 1.54) is 11.8 Å². The van der Waals surface area contributed by atoms with Crippen LogP contribution < -0.4 is 9.47 Å². The first-order chi connectivity index (χ1) is 13.3. The topological polar surface area (TPSA) is 35.5 Å². The van der Waals surface area contributed by atoms with E-state index >= 15 is 0 Å². The fourth-order valence-corrected chi connectivity index (χ4v) is 3.88. The van der Waals surface area contributed by atoms with Crippen LogP contribution in [-0.2, 0) is 0 Å². The van der Waals surface area contributed by atoms with Gasteiger partial charge in [0.1, 0.15) is 24.7 Å². The zero-order valence-electron chi connectivity index (χ0n) is 14.6. The summed E-state index contributed by atoms with van der Waals surface area (Å²) in [6.07, 6.45) is 1.90. The summed E-state index contributed by atoms with van der Waals surface area (Å²) in [7, 11) is 0. The fraction of sp³-hybridized carbons (Fsp3) is 0.0870. The summed E-state index contributed by atoms with van der Waals surface area (Å²) in [6, 6.07) is 25.1. The van der Waals surface area contributed by atoms with Crippen molar-refractivity contribution in [3.63, 3.8) is 0 Å². The average molecular weight is 374 g/mol. The predicted octanol–water partition coefficient (Wildman–Crippen LogP) is 5.47. The number of carbonyl (C=O) groups is 1. The van der Waals surface area contributed by atoms with Crippen molar-refractivity contribution >= 4 is 23.6 Å². The lowest BCUT2D eigenvalue weighted by Gasteiger charge is -2.10. The van der Waals surface area contributed by atoms with Crippen LogP contribution in [0.25, 0.3) is 6.08 Å². The van der Waals surface area contributed by atoms with Crippen molar-refractivity contribution in [2.24, 2.45) is 0 Å². The van der Waals surface area contributed by atoms with Gasteiger partial charge in [-0.05, 0) is 36.4 Å². The van der Waals surface area contributed by atoms with Gasteiger partial charge < -0.3 is 9.47 Å². The molecule has 4 heteroatoms. The third-order valence-electron chi connectivity index (χ3n) is 4.13. The number of thioether (sulfide) groups is 1. The van der Waals surface area contributed by atoms with E-state index in [9.17, 15) is 4.79 Å². The summed E-state index contributed by atoms with van der Waals surface area (Å²) >= 11 is 1.50. The minimum absolute atomic E-state index is 0.0674. The third kappa shape index (κ3) is 4.07. The van der Waals surface area contributed by atoms with Crippen LogP contribution in [0.1, 0.15) is 15.9 Å². The van der Waals surface area contributed by atoms with E-state index in [-0.39, 0.29) is 5.78 Å². The molecule has 0 spiro atoms. The van der Waals surface area contributed by atoms with E-state index < -0.39 is 0 Å². The number of para-hydroxylation sites is 2. The van der Waals surface area contributed by atoms with Crippen molar-refractivity contribution in [1.82, 2.24) is 0 Å². The lowest BCUT2D eigenvalue weighted by molar-refractivity contribution is 0.104. The van der Waals surface area contributed by atoms with Gasteiger partial charge >= 0.3 is 0 Å². The lowest BCUT2D eigenvalue weighted by atomic mass is 10.1. The molecular formula is C23H18O3S. The highest BCUT2D eigenvalue weighted by atomic mass is 32.2. The monoisotopic (exact) mass is 374 g/mol. The van der Waals surface area contributed by atoms with Crippen molar-refractivity contribution in [3.8, 4) is 11.5 Å². The fourth-order valence-electron chi connectivity index (χ4n) is 2.84. The molecule has 1 aliphatic heterocycles. The first-order valence-corrected chi connectivity index (χ1v) is 9.56. The van der Waals surface area contributed by atoms with Crippen molar-refractivity contribution < 1.29 is 14.3 Å². The molecular weight excluding hydrogens is 356 g/mol. The second kappa shape index (κ2) is 8.14. The van der Waals surface area contributed by atoms with Gasteiger partial charge in [0.15, 0.2) is 0 Å². The van der Waals surface area contributed by atoms with Crippen LogP contribution in [0.5, 0.6) is 11.5 Å². The Morgan fingerprint density at radius 1 is 0.778 bits per heavy atom. The average Bonchev–Trinajstić information content (AvgIpc) is 3.03. The number of Topliss-reactive ketones (excluding diaryl/α,β-unsaturated/α-hetero) is 1. The van der Waals surface area contributed by atoms with Crippen LogP contribution in [0.4, 0.5) is 0 Å². The number of ether oxygens (including phenoxy) is 2. The van der Waals surface area contributed by atoms with E-state index in [4.69, 9.17) is 9.47 Å². The Labute approximate surface area is 162 Å². The van der Waals surface area contributed by atoms with E-state index in [0.717, 1.165) is 27.5 Å². The molecule has 0 saturated heterocycles. The van der Waals surface area contributed by atoms with Gasteiger partial charge in [-0.25, -0.2) is 0 Å². The van der Waals surface area contributed by atoms with E-state index in [1.54, 1.807) is 0 Å². The Bertz CT molecular complexity index is 980. The summed E-state index contributed by atoms with van der Waals surface area (Å²) in [4.78, 5) is 14.3. The molecule has 0 unspecified atom stereocenters. The molecule has 4 rings (SSSR count). The molecule has 0 atom stereocenters. The van der Waals surface area contributed by atoms with Crippen molar-refractivity contribution in [2.75, 3.05) is 13.2 Å². The Hall–Kier alpha value is -2.98. The van der Waals surface area contributed by atoms with Gasteiger partial charge in [-0.2, -0.15) is 0 Å². The molecule has 3 nitrogen and oxygen atoms in total. The number of carbonyl (C=O) groups excluding carboxylic acids is 1. The Morgan fingerprint density at radius 3 is 2.33 bits per heavy atom. The highest BCUT2D eigenvalue weighted by molar-refractivity contribution is 8.04. The highest BCUT2D eigenvalue weighted by Gasteiger charge is 2.25. The van der Waals surface area contributed by atoms with Gasteiger partial charge in [-0.3, -0.25) is 4.79 Å². The van der Waals surface area contributed by atoms with Gasteiger partial charge in [0.2, 0.25) is 5.78 Å². The van der Waals surface area contributed by atoms with E-state index in [0.29, 0.717) is 18.1 Å². The number of benzene rings is 3. The minimum Gasteiger partial charge on any atom is -0.490 e. The molecule has 134 valence electrons. The SMILES string of the molecule is O=C1/C(=C/c2ccccc2OCCOc2ccccc2)Sc2ccccc21. The normalized spacial score (nSPS) is 14.2. The summed E-state index contributed by atoms with van der Waals surface area (Å²) in [6.45, 7) is 0.879. The van der Waals surface area contributed by atoms with Gasteiger partial charge in [0.05, 0.1) is 4.91 Å². The number of rotatable bonds is 6. The third-order valence-corrected chi connectivity index (χ3v) is 5.23. The first-order valence-electron chi connectivity index (χ1n) is 8.74. The second-order valence-electron chi connectivity index (χ2n) is 5.98. The number of ketones is 1. The van der Waals surface area contributed by atoms with Crippen LogP contribution >= 0.6 is 11.8 Å². The van der Waals surface area contributed by atoms with E-state index in [1.807, 2.05) is 84.9 Å². The van der Waals surface area contributed by atoms with Gasteiger partial charge in [0, 0.05) is 16.0 Å². The first kappa shape index (κ1) is 17.4. The number of hydrogen-bond donors (Lipinski definition) is 0. The standard InChI is InChI=1S/C23H18O3S/c24-23-19-11-5-7-13-21(19)27-22(23)16-17-8-4-6-12-20(17)26-15-14-25-18-9-2-1-3-10-18/h1-13,16H,14-15H2/b22-16-. The van der Waals surface area contributed by atoms with Crippen LogP contribution in [0, 0.1) is 0 Å². The number of fused-ring (bicyclic) bond motifs is 1. The summed E-state index contributed by atoms with van der Waals surface area (Å²) in [5.74, 6) is 1.63. The smallest absolute Gasteiger partial charge is 0.200 e. The molecule has 1 aliphatic rings. The van der Waals surface area contributed by atoms with E-state index in [2.05, 4.69) is 0 Å². The van der Waals surface area contributed by atoms with Crippen molar-refractivity contribution in [1.29, 1.82) is 0 Å². The molecule has 0 fully saturated rings. The molecule has 3 aromatic carbocycles. The van der Waals surface area contributed by atoms with Crippen LogP contribution in [0.3, 0.4) is 0 Å². The molecule has 1 heterocycles. The number of allylic oxidation sites excluding steroid dienone is 1. The van der Waals surface area contributed by atoms with Crippen LogP contribution in [0.15, 0.2) is 88.7 Å². The molecule has 0 aromatic heterocycles. The Balaban J connectivity index is 1.44. The van der Waals surface area contributed by atoms with Crippen LogP contribution in [-0.4, -0.2) is 19.0 Å². The minimum atomic E-state index is 0.0674. The molecule has 0 radical (unpaired) electrons. The molecule has 0 N–H and O–H groups in total. The highest BCUT2D eigenvalue weighted by Crippen LogP contribution is 2.41. The number of hydrogen-bond acceptors (Lipinski definition) is 4. The van der Waals surface area contributed by atoms with Gasteiger partial charge in [-0.15, -0.1) is 0 Å². The van der Waals surface area contributed by atoms with Crippen molar-refractivity contribution in [3.05, 3.63) is 94.9 Å². The maximum atomic E-state index is 12.6. The zero-order valence-corrected chi connectivity index (χ0v) is 15.4. The summed E-state index contributed by atoms with van der Waals surface area (Å²) < 4.78 is 11.6. The maximum Gasteiger partial charge on any atom is 0.200 e. The second-order valence-corrected chi connectivity index (χ2v) is 7.07. The largest absolute Gasteiger partial charge is 0.490 e. The summed E-state index contributed by atoms with van der Waals surface area (Å²) in [5, 5.41) is 0. The zero-order chi connectivity index (χ0) is 18.5. The molecule has 0 amide bonds. The Kier molecular flexibility index (Phi) is 5.26. The molecule has 27 heavy (non-hydrogen) atoms. The van der Waals surface area contributed by atoms with Gasteiger partial charge in [-0.1, -0.05) is 60.3 Å². The molecule has 0 aliphatic carbocycles. The Morgan fingerprint density at radius 2 is 1.48 bits per heavy atom. The van der Waals surface area contributed by atoms with Crippen LogP contribution in [0.2, 0.25) is 0 Å². The van der Waals surface area contributed by atoms with Gasteiger partial charge in [0.25, 0.3) is 0 Å². The predicted molar refractivity (Wildman–Crippen MR) is 108 cm³/mol. The lowest BCUT2D eigenvalue weighted by Crippen LogP contribution is -2.09. The molecule has 3 aromatic rings. The maximum absolute atomic E-state index is 12.6. The quantitative estimate of drug-likeness (QED) is 0.423. The molecule has 0 bridgehead atoms.